The normalized spacial score (nSPS) is 14.0. The highest BCUT2D eigenvalue weighted by molar-refractivity contribution is 7.47. The minimum absolute atomic E-state index is 0.107. The standard InChI is InChI=1S/C75H146O17P2/c1-6-9-12-15-18-21-24-25-26-27-30-35-39-44-49-54-59-73(78)86-65-71(92-75(80)61-56-51-46-41-36-31-28-29-34-37-42-47-52-57-68(4)5)67-90-94(83,84)88-63-69(76)62-87-93(81,82)89-66-70(91-74(79)60-55-50-45-40-33-23-20-17-14-11-8-3)64-85-72(77)58-53-48-43-38-32-22-19-16-13-10-7-2/h68-71,76H,6-67H2,1-5H3,(H,81,82)(H,83,84)/t69-,70+,71+/m0/s1. The van der Waals surface area contributed by atoms with E-state index < -0.39 is 97.5 Å². The molecule has 0 aromatic heterocycles. The molecule has 0 rings (SSSR count). The molecule has 0 aromatic carbocycles. The maximum Gasteiger partial charge on any atom is 0.472 e. The van der Waals surface area contributed by atoms with Crippen molar-refractivity contribution in [1.29, 1.82) is 0 Å². The molecular weight excluding hydrogens is 1230 g/mol. The number of aliphatic hydroxyl groups excluding tert-OH is 1. The Bertz CT molecular complexity index is 1810. The first kappa shape index (κ1) is 92.1. The maximum atomic E-state index is 13.1. The first-order valence-corrected chi connectivity index (χ1v) is 42.1. The zero-order valence-electron chi connectivity index (χ0n) is 61.1. The van der Waals surface area contributed by atoms with Crippen LogP contribution in [0.1, 0.15) is 394 Å². The van der Waals surface area contributed by atoms with Gasteiger partial charge in [0, 0.05) is 25.7 Å². The van der Waals surface area contributed by atoms with Crippen molar-refractivity contribution in [3.63, 3.8) is 0 Å². The molecule has 19 heteroatoms. The Labute approximate surface area is 575 Å². The predicted octanol–water partition coefficient (Wildman–Crippen LogP) is 22.1. The fourth-order valence-corrected chi connectivity index (χ4v) is 13.1. The Morgan fingerprint density at radius 3 is 0.723 bits per heavy atom. The van der Waals surface area contributed by atoms with E-state index in [2.05, 4.69) is 34.6 Å². The number of aliphatic hydroxyl groups is 1. The van der Waals surface area contributed by atoms with Crippen molar-refractivity contribution in [3.8, 4) is 0 Å². The van der Waals surface area contributed by atoms with Crippen molar-refractivity contribution in [1.82, 2.24) is 0 Å². The van der Waals surface area contributed by atoms with Crippen molar-refractivity contribution < 1.29 is 80.2 Å². The molecule has 0 aliphatic rings. The molecule has 0 heterocycles. The lowest BCUT2D eigenvalue weighted by Crippen LogP contribution is -2.30. The molecule has 0 radical (unpaired) electrons. The summed E-state index contributed by atoms with van der Waals surface area (Å²) in [7, 11) is -9.91. The summed E-state index contributed by atoms with van der Waals surface area (Å²) >= 11 is 0. The Hall–Kier alpha value is -1.94. The highest BCUT2D eigenvalue weighted by Gasteiger charge is 2.30. The lowest BCUT2D eigenvalue weighted by molar-refractivity contribution is -0.161. The fourth-order valence-electron chi connectivity index (χ4n) is 11.5. The van der Waals surface area contributed by atoms with Crippen LogP contribution in [-0.4, -0.2) is 96.7 Å². The molecule has 0 amide bonds. The van der Waals surface area contributed by atoms with Gasteiger partial charge >= 0.3 is 39.5 Å². The number of phosphoric acid groups is 2. The van der Waals surface area contributed by atoms with Gasteiger partial charge in [0.25, 0.3) is 0 Å². The van der Waals surface area contributed by atoms with E-state index in [1.54, 1.807) is 0 Å². The molecule has 2 unspecified atom stereocenters. The molecule has 0 aromatic rings. The molecule has 558 valence electrons. The van der Waals surface area contributed by atoms with Gasteiger partial charge in [-0.15, -0.1) is 0 Å². The Kier molecular flexibility index (Phi) is 66.8. The molecule has 0 spiro atoms. The molecular formula is C75H146O17P2. The number of esters is 4. The van der Waals surface area contributed by atoms with Crippen LogP contribution in [0.5, 0.6) is 0 Å². The third kappa shape index (κ3) is 68.6. The number of phosphoric ester groups is 2. The fraction of sp³-hybridized carbons (Fsp3) is 0.947. The summed E-state index contributed by atoms with van der Waals surface area (Å²) in [4.78, 5) is 72.8. The molecule has 0 saturated carbocycles. The largest absolute Gasteiger partial charge is 0.472 e. The van der Waals surface area contributed by atoms with Crippen LogP contribution < -0.4 is 0 Å². The zero-order chi connectivity index (χ0) is 69.1. The van der Waals surface area contributed by atoms with Crippen LogP contribution >= 0.6 is 15.6 Å². The van der Waals surface area contributed by atoms with E-state index in [1.165, 1.54) is 218 Å². The number of hydrogen-bond acceptors (Lipinski definition) is 15. The van der Waals surface area contributed by atoms with E-state index >= 15 is 0 Å². The van der Waals surface area contributed by atoms with Crippen LogP contribution in [-0.2, 0) is 65.4 Å². The van der Waals surface area contributed by atoms with Crippen LogP contribution in [0.15, 0.2) is 0 Å². The molecule has 0 aliphatic heterocycles. The second-order valence-electron chi connectivity index (χ2n) is 27.5. The average molecular weight is 1380 g/mol. The highest BCUT2D eigenvalue weighted by Crippen LogP contribution is 2.45. The molecule has 5 atom stereocenters. The molecule has 0 bridgehead atoms. The third-order valence-electron chi connectivity index (χ3n) is 17.5. The van der Waals surface area contributed by atoms with Gasteiger partial charge in [-0.1, -0.05) is 343 Å². The topological polar surface area (TPSA) is 237 Å². The van der Waals surface area contributed by atoms with E-state index in [-0.39, 0.29) is 25.7 Å². The molecule has 0 saturated heterocycles. The minimum atomic E-state index is -4.96. The summed E-state index contributed by atoms with van der Waals surface area (Å²) in [5.41, 5.74) is 0. The van der Waals surface area contributed by atoms with Crippen LogP contribution in [0.3, 0.4) is 0 Å². The summed E-state index contributed by atoms with van der Waals surface area (Å²) in [6, 6.07) is 0. The smallest absolute Gasteiger partial charge is 0.462 e. The number of rotatable bonds is 75. The van der Waals surface area contributed by atoms with E-state index in [0.29, 0.717) is 25.7 Å². The number of unbranched alkanes of at least 4 members (excludes halogenated alkanes) is 47. The van der Waals surface area contributed by atoms with E-state index in [0.717, 1.165) is 95.8 Å². The van der Waals surface area contributed by atoms with Crippen molar-refractivity contribution >= 4 is 39.5 Å². The number of carbonyl (C=O) groups excluding carboxylic acids is 4. The Morgan fingerprint density at radius 1 is 0.287 bits per heavy atom. The minimum Gasteiger partial charge on any atom is -0.462 e. The van der Waals surface area contributed by atoms with Gasteiger partial charge < -0.3 is 33.8 Å². The highest BCUT2D eigenvalue weighted by atomic mass is 31.2. The molecule has 3 N–H and O–H groups in total. The zero-order valence-corrected chi connectivity index (χ0v) is 62.9. The Balaban J connectivity index is 5.24. The monoisotopic (exact) mass is 1380 g/mol. The average Bonchev–Trinajstić information content (AvgIpc) is 2.65. The van der Waals surface area contributed by atoms with Crippen LogP contribution in [0.4, 0.5) is 0 Å². The summed E-state index contributed by atoms with van der Waals surface area (Å²) in [5, 5.41) is 10.6. The van der Waals surface area contributed by atoms with E-state index in [9.17, 15) is 43.2 Å². The lowest BCUT2D eigenvalue weighted by Gasteiger charge is -2.21. The van der Waals surface area contributed by atoms with Gasteiger partial charge in [-0.2, -0.15) is 0 Å². The first-order chi connectivity index (χ1) is 45.5. The SMILES string of the molecule is CCCCCCCCCCCCCCCCCCC(=O)OC[C@H](COP(=O)(O)OC[C@@H](O)COP(=O)(O)OC[C@@H](COC(=O)CCCCCCCCCCCCC)OC(=O)CCCCCCCCCCCCC)OC(=O)CCCCCCCCCCCCCCCC(C)C. The summed E-state index contributed by atoms with van der Waals surface area (Å²) in [6.45, 7) is 7.30. The second kappa shape index (κ2) is 68.2. The van der Waals surface area contributed by atoms with Crippen LogP contribution in [0.25, 0.3) is 0 Å². The molecule has 0 fully saturated rings. The number of hydrogen-bond donors (Lipinski definition) is 3. The number of carbonyl (C=O) groups is 4. The van der Waals surface area contributed by atoms with Gasteiger partial charge in [-0.25, -0.2) is 9.13 Å². The van der Waals surface area contributed by atoms with Gasteiger partial charge in [0.15, 0.2) is 12.2 Å². The third-order valence-corrected chi connectivity index (χ3v) is 19.4. The predicted molar refractivity (Wildman–Crippen MR) is 382 cm³/mol. The van der Waals surface area contributed by atoms with Crippen LogP contribution in [0.2, 0.25) is 0 Å². The second-order valence-corrected chi connectivity index (χ2v) is 30.4. The van der Waals surface area contributed by atoms with Crippen molar-refractivity contribution in [2.24, 2.45) is 5.92 Å². The van der Waals surface area contributed by atoms with Crippen LogP contribution in [0, 0.1) is 5.92 Å². The van der Waals surface area contributed by atoms with E-state index in [1.807, 2.05) is 0 Å². The first-order valence-electron chi connectivity index (χ1n) is 39.1. The molecule has 0 aliphatic carbocycles. The van der Waals surface area contributed by atoms with Crippen molar-refractivity contribution in [3.05, 3.63) is 0 Å². The molecule has 17 nitrogen and oxygen atoms in total. The van der Waals surface area contributed by atoms with Gasteiger partial charge in [0.05, 0.1) is 26.4 Å². The van der Waals surface area contributed by atoms with Gasteiger partial charge in [0.2, 0.25) is 0 Å². The molecule has 94 heavy (non-hydrogen) atoms. The van der Waals surface area contributed by atoms with Gasteiger partial charge in [0.1, 0.15) is 19.3 Å². The summed E-state index contributed by atoms with van der Waals surface area (Å²) in [6.07, 6.45) is 56.7. The van der Waals surface area contributed by atoms with Gasteiger partial charge in [-0.05, 0) is 31.6 Å². The van der Waals surface area contributed by atoms with Gasteiger partial charge in [-0.3, -0.25) is 37.3 Å². The number of ether oxygens (including phenoxy) is 4. The maximum absolute atomic E-state index is 13.1. The van der Waals surface area contributed by atoms with Crippen molar-refractivity contribution in [2.75, 3.05) is 39.6 Å². The summed E-state index contributed by atoms with van der Waals surface area (Å²) in [5.74, 6) is -1.33. The van der Waals surface area contributed by atoms with Crippen molar-refractivity contribution in [2.45, 2.75) is 412 Å². The van der Waals surface area contributed by atoms with E-state index in [4.69, 9.17) is 37.0 Å². The Morgan fingerprint density at radius 2 is 0.489 bits per heavy atom. The lowest BCUT2D eigenvalue weighted by atomic mass is 10.0. The summed E-state index contributed by atoms with van der Waals surface area (Å²) < 4.78 is 68.5. The quantitative estimate of drug-likeness (QED) is 0.0222.